The SMILES string of the molecule is CC1CN(C)CCN1c1ccc([C@H](C)N)c(Br)c1. The summed E-state index contributed by atoms with van der Waals surface area (Å²) < 4.78 is 1.11. The molecule has 0 amide bonds. The fourth-order valence-corrected chi connectivity index (χ4v) is 3.32. The molecule has 0 aliphatic carbocycles. The predicted molar refractivity (Wildman–Crippen MR) is 81.0 cm³/mol. The number of halogens is 1. The molecule has 0 saturated carbocycles. The van der Waals surface area contributed by atoms with Crippen LogP contribution in [0.1, 0.15) is 25.5 Å². The summed E-state index contributed by atoms with van der Waals surface area (Å²) in [5, 5.41) is 0. The number of hydrogen-bond acceptors (Lipinski definition) is 3. The van der Waals surface area contributed by atoms with E-state index in [9.17, 15) is 0 Å². The number of anilines is 1. The second-order valence-corrected chi connectivity index (χ2v) is 6.15. The van der Waals surface area contributed by atoms with E-state index < -0.39 is 0 Å². The van der Waals surface area contributed by atoms with Crippen molar-refractivity contribution >= 4 is 21.6 Å². The number of piperazine rings is 1. The van der Waals surface area contributed by atoms with Gasteiger partial charge in [-0.05, 0) is 38.6 Å². The van der Waals surface area contributed by atoms with Gasteiger partial charge in [0.1, 0.15) is 0 Å². The third-order valence-electron chi connectivity index (χ3n) is 3.64. The molecule has 0 spiro atoms. The van der Waals surface area contributed by atoms with Gasteiger partial charge in [-0.25, -0.2) is 0 Å². The van der Waals surface area contributed by atoms with Crippen LogP contribution >= 0.6 is 15.9 Å². The minimum Gasteiger partial charge on any atom is -0.366 e. The van der Waals surface area contributed by atoms with E-state index in [1.54, 1.807) is 0 Å². The Morgan fingerprint density at radius 3 is 2.67 bits per heavy atom. The van der Waals surface area contributed by atoms with Crippen LogP contribution in [0.2, 0.25) is 0 Å². The van der Waals surface area contributed by atoms with Gasteiger partial charge in [0.15, 0.2) is 0 Å². The molecule has 1 aromatic carbocycles. The van der Waals surface area contributed by atoms with E-state index >= 15 is 0 Å². The van der Waals surface area contributed by atoms with Gasteiger partial charge in [0.05, 0.1) is 0 Å². The molecule has 3 nitrogen and oxygen atoms in total. The smallest absolute Gasteiger partial charge is 0.0389 e. The molecular formula is C14H22BrN3. The Morgan fingerprint density at radius 1 is 1.39 bits per heavy atom. The monoisotopic (exact) mass is 311 g/mol. The van der Waals surface area contributed by atoms with Gasteiger partial charge in [0, 0.05) is 41.9 Å². The highest BCUT2D eigenvalue weighted by molar-refractivity contribution is 9.10. The molecule has 1 saturated heterocycles. The van der Waals surface area contributed by atoms with Crippen LogP contribution in [-0.2, 0) is 0 Å². The van der Waals surface area contributed by atoms with Gasteiger partial charge in [0.25, 0.3) is 0 Å². The minimum absolute atomic E-state index is 0.0679. The summed E-state index contributed by atoms with van der Waals surface area (Å²) in [6, 6.07) is 7.14. The van der Waals surface area contributed by atoms with Crippen LogP contribution in [-0.4, -0.2) is 37.6 Å². The van der Waals surface area contributed by atoms with Crippen molar-refractivity contribution in [2.24, 2.45) is 5.73 Å². The van der Waals surface area contributed by atoms with Gasteiger partial charge in [-0.3, -0.25) is 0 Å². The normalized spacial score (nSPS) is 23.2. The van der Waals surface area contributed by atoms with Crippen molar-refractivity contribution in [2.45, 2.75) is 25.9 Å². The second-order valence-electron chi connectivity index (χ2n) is 5.30. The molecular weight excluding hydrogens is 290 g/mol. The van der Waals surface area contributed by atoms with Crippen LogP contribution in [0.3, 0.4) is 0 Å². The van der Waals surface area contributed by atoms with Gasteiger partial charge < -0.3 is 15.5 Å². The van der Waals surface area contributed by atoms with Crippen LogP contribution in [0, 0.1) is 0 Å². The van der Waals surface area contributed by atoms with Crippen molar-refractivity contribution in [3.8, 4) is 0 Å². The number of benzene rings is 1. The second kappa shape index (κ2) is 5.59. The number of nitrogens with two attached hydrogens (primary N) is 1. The fourth-order valence-electron chi connectivity index (χ4n) is 2.59. The summed E-state index contributed by atoms with van der Waals surface area (Å²) in [6.45, 7) is 7.62. The van der Waals surface area contributed by atoms with Crippen molar-refractivity contribution in [1.29, 1.82) is 0 Å². The molecule has 2 atom stereocenters. The van der Waals surface area contributed by atoms with Crippen LogP contribution in [0.25, 0.3) is 0 Å². The highest BCUT2D eigenvalue weighted by atomic mass is 79.9. The fraction of sp³-hybridized carbons (Fsp3) is 0.571. The first-order chi connectivity index (χ1) is 8.49. The van der Waals surface area contributed by atoms with Gasteiger partial charge >= 0.3 is 0 Å². The lowest BCUT2D eigenvalue weighted by Gasteiger charge is -2.40. The molecule has 18 heavy (non-hydrogen) atoms. The Bertz CT molecular complexity index is 420. The Balaban J connectivity index is 2.21. The highest BCUT2D eigenvalue weighted by Crippen LogP contribution is 2.29. The lowest BCUT2D eigenvalue weighted by Crippen LogP contribution is -2.50. The van der Waals surface area contributed by atoms with E-state index in [4.69, 9.17) is 5.73 Å². The molecule has 2 rings (SSSR count). The minimum atomic E-state index is 0.0679. The first kappa shape index (κ1) is 13.8. The molecule has 1 unspecified atom stereocenters. The molecule has 1 fully saturated rings. The third-order valence-corrected chi connectivity index (χ3v) is 4.32. The molecule has 1 aromatic rings. The Labute approximate surface area is 118 Å². The van der Waals surface area contributed by atoms with Crippen LogP contribution in [0.15, 0.2) is 22.7 Å². The maximum Gasteiger partial charge on any atom is 0.0389 e. The largest absolute Gasteiger partial charge is 0.366 e. The molecule has 1 aliphatic heterocycles. The average molecular weight is 312 g/mol. The average Bonchev–Trinajstić information content (AvgIpc) is 2.28. The molecule has 0 bridgehead atoms. The number of rotatable bonds is 2. The Kier molecular flexibility index (Phi) is 4.30. The van der Waals surface area contributed by atoms with E-state index in [-0.39, 0.29) is 6.04 Å². The quantitative estimate of drug-likeness (QED) is 0.911. The summed E-state index contributed by atoms with van der Waals surface area (Å²) in [5.41, 5.74) is 8.39. The molecule has 2 N–H and O–H groups in total. The summed E-state index contributed by atoms with van der Waals surface area (Å²) in [4.78, 5) is 4.85. The maximum atomic E-state index is 5.94. The summed E-state index contributed by atoms with van der Waals surface area (Å²) in [5.74, 6) is 0. The van der Waals surface area contributed by atoms with Crippen molar-refractivity contribution in [3.05, 3.63) is 28.2 Å². The zero-order valence-electron chi connectivity index (χ0n) is 11.4. The third kappa shape index (κ3) is 2.87. The first-order valence-corrected chi connectivity index (χ1v) is 7.28. The van der Waals surface area contributed by atoms with Gasteiger partial charge in [-0.2, -0.15) is 0 Å². The molecule has 1 heterocycles. The maximum absolute atomic E-state index is 5.94. The Hall–Kier alpha value is -0.580. The van der Waals surface area contributed by atoms with Crippen LogP contribution in [0.4, 0.5) is 5.69 Å². The topological polar surface area (TPSA) is 32.5 Å². The molecule has 100 valence electrons. The molecule has 4 heteroatoms. The van der Waals surface area contributed by atoms with Crippen molar-refractivity contribution in [3.63, 3.8) is 0 Å². The predicted octanol–water partition coefficient (Wildman–Crippen LogP) is 2.61. The zero-order chi connectivity index (χ0) is 13.3. The van der Waals surface area contributed by atoms with Gasteiger partial charge in [-0.1, -0.05) is 22.0 Å². The molecule has 0 aromatic heterocycles. The first-order valence-electron chi connectivity index (χ1n) is 6.49. The molecule has 0 radical (unpaired) electrons. The van der Waals surface area contributed by atoms with Crippen molar-refractivity contribution in [1.82, 2.24) is 4.90 Å². The standard InChI is InChI=1S/C14H22BrN3/c1-10-9-17(3)6-7-18(10)12-4-5-13(11(2)16)14(15)8-12/h4-5,8,10-11H,6-7,9,16H2,1-3H3/t10?,11-/m0/s1. The van der Waals surface area contributed by atoms with E-state index in [0.29, 0.717) is 6.04 Å². The number of hydrogen-bond donors (Lipinski definition) is 1. The number of likely N-dealkylation sites (N-methyl/N-ethyl adjacent to an activating group) is 1. The lowest BCUT2D eigenvalue weighted by atomic mass is 10.1. The van der Waals surface area contributed by atoms with E-state index in [1.165, 1.54) is 11.3 Å². The van der Waals surface area contributed by atoms with E-state index in [2.05, 4.69) is 57.9 Å². The number of nitrogens with zero attached hydrogens (tertiary/aromatic N) is 2. The summed E-state index contributed by atoms with van der Waals surface area (Å²) in [6.07, 6.45) is 0. The van der Waals surface area contributed by atoms with E-state index in [1.807, 2.05) is 6.92 Å². The van der Waals surface area contributed by atoms with Gasteiger partial charge in [-0.15, -0.1) is 0 Å². The zero-order valence-corrected chi connectivity index (χ0v) is 12.9. The van der Waals surface area contributed by atoms with Crippen molar-refractivity contribution < 1.29 is 0 Å². The lowest BCUT2D eigenvalue weighted by molar-refractivity contribution is 0.275. The van der Waals surface area contributed by atoms with Crippen molar-refractivity contribution in [2.75, 3.05) is 31.6 Å². The highest BCUT2D eigenvalue weighted by Gasteiger charge is 2.22. The van der Waals surface area contributed by atoms with Crippen LogP contribution < -0.4 is 10.6 Å². The van der Waals surface area contributed by atoms with Crippen LogP contribution in [0.5, 0.6) is 0 Å². The summed E-state index contributed by atoms with van der Waals surface area (Å²) in [7, 11) is 2.18. The van der Waals surface area contributed by atoms with Gasteiger partial charge in [0.2, 0.25) is 0 Å². The summed E-state index contributed by atoms with van der Waals surface area (Å²) >= 11 is 3.63. The van der Waals surface area contributed by atoms with E-state index in [0.717, 1.165) is 24.1 Å². The Morgan fingerprint density at radius 2 is 2.11 bits per heavy atom. The molecule has 1 aliphatic rings.